The molecule has 0 N–H and O–H groups in total. The zero-order chi connectivity index (χ0) is 18.7. The third kappa shape index (κ3) is 3.84. The van der Waals surface area contributed by atoms with Crippen LogP contribution < -0.4 is 4.74 Å². The molecule has 0 bridgehead atoms. The summed E-state index contributed by atoms with van der Waals surface area (Å²) in [6.07, 6.45) is 1.71. The van der Waals surface area contributed by atoms with Crippen LogP contribution in [0.4, 0.5) is 0 Å². The van der Waals surface area contributed by atoms with Crippen LogP contribution in [0.1, 0.15) is 12.5 Å². The predicted octanol–water partition coefficient (Wildman–Crippen LogP) is 3.44. The summed E-state index contributed by atoms with van der Waals surface area (Å²) in [5.74, 6) is 0.414. The van der Waals surface area contributed by atoms with E-state index in [1.807, 2.05) is 18.2 Å². The molecule has 1 aromatic carbocycles. The Hall–Kier alpha value is -2.10. The summed E-state index contributed by atoms with van der Waals surface area (Å²) in [7, 11) is -2.26. The minimum atomic E-state index is -3.83. The molecule has 1 fully saturated rings. The topological polar surface area (TPSA) is 76.0 Å². The van der Waals surface area contributed by atoms with Gasteiger partial charge >= 0.3 is 0 Å². The second-order valence-corrected chi connectivity index (χ2v) is 9.01. The molecule has 136 valence electrons. The Bertz CT molecular complexity index is 979. The number of carbonyl (C=O) groups is 1. The molecule has 1 aliphatic heterocycles. The number of likely N-dealkylation sites (N-methyl/N-ethyl adjacent to an activating group) is 1. The summed E-state index contributed by atoms with van der Waals surface area (Å²) in [4.78, 5) is 14.4. The fraction of sp³-hybridized carbons (Fsp3) is 0.176. The average molecular weight is 409 g/mol. The number of methoxy groups -OCH3 is 1. The van der Waals surface area contributed by atoms with Crippen molar-refractivity contribution in [2.75, 3.05) is 13.7 Å². The fourth-order valence-electron chi connectivity index (χ4n) is 2.30. The van der Waals surface area contributed by atoms with Crippen molar-refractivity contribution >= 4 is 50.3 Å². The van der Waals surface area contributed by atoms with Gasteiger partial charge in [-0.05, 0) is 53.9 Å². The monoisotopic (exact) mass is 408 g/mol. The lowest BCUT2D eigenvalue weighted by atomic mass is 10.2. The molecule has 0 unspecified atom stereocenters. The van der Waals surface area contributed by atoms with Crippen LogP contribution in [0.3, 0.4) is 0 Å². The van der Waals surface area contributed by atoms with Gasteiger partial charge in [-0.3, -0.25) is 9.69 Å². The molecular weight excluding hydrogens is 392 g/mol. The number of carbonyl (C=O) groups excluding carboxylic acids is 1. The number of thiophene rings is 1. The van der Waals surface area contributed by atoms with E-state index in [1.54, 1.807) is 37.6 Å². The van der Waals surface area contributed by atoms with Crippen molar-refractivity contribution in [1.29, 1.82) is 0 Å². The van der Waals surface area contributed by atoms with Gasteiger partial charge in [-0.25, -0.2) is 0 Å². The number of ether oxygens (including phenoxy) is 1. The molecule has 1 aromatic heterocycles. The lowest BCUT2D eigenvalue weighted by Crippen LogP contribution is -2.29. The van der Waals surface area contributed by atoms with Crippen LogP contribution >= 0.6 is 23.1 Å². The van der Waals surface area contributed by atoms with Crippen LogP contribution in [-0.4, -0.2) is 38.0 Å². The molecule has 3 rings (SSSR count). The molecule has 1 saturated heterocycles. The highest BCUT2D eigenvalue weighted by molar-refractivity contribution is 8.19. The van der Waals surface area contributed by atoms with Crippen molar-refractivity contribution in [1.82, 2.24) is 4.90 Å². The first-order valence-corrected chi connectivity index (χ1v) is 10.8. The summed E-state index contributed by atoms with van der Waals surface area (Å²) < 4.78 is 34.0. The standard InChI is InChI=1S/C17H16N2O4S3/c1-3-19-16(20)14(11-12-6-4-7-13(10-12)23-2)25-17(19)18-26(21,22)15-8-5-9-24-15/h4-11H,3H2,1-2H3/b14-11+,18-17?. The summed E-state index contributed by atoms with van der Waals surface area (Å²) >= 11 is 2.15. The average Bonchev–Trinajstić information content (AvgIpc) is 3.25. The minimum absolute atomic E-state index is 0.152. The second-order valence-electron chi connectivity index (χ2n) is 5.22. The van der Waals surface area contributed by atoms with Crippen molar-refractivity contribution < 1.29 is 17.9 Å². The Labute approximate surface area is 160 Å². The molecule has 2 heterocycles. The van der Waals surface area contributed by atoms with Gasteiger partial charge in [0.1, 0.15) is 9.96 Å². The van der Waals surface area contributed by atoms with E-state index in [4.69, 9.17) is 4.74 Å². The Morgan fingerprint density at radius 3 is 2.73 bits per heavy atom. The number of sulfonamides is 1. The van der Waals surface area contributed by atoms with Gasteiger partial charge in [-0.1, -0.05) is 18.2 Å². The number of amidine groups is 1. The summed E-state index contributed by atoms with van der Waals surface area (Å²) in [6, 6.07) is 10.4. The molecule has 6 nitrogen and oxygen atoms in total. The van der Waals surface area contributed by atoms with E-state index in [-0.39, 0.29) is 15.3 Å². The van der Waals surface area contributed by atoms with Gasteiger partial charge in [0, 0.05) is 6.54 Å². The molecule has 0 spiro atoms. The summed E-state index contributed by atoms with van der Waals surface area (Å²) in [5.41, 5.74) is 0.790. The first kappa shape index (κ1) is 18.7. The Balaban J connectivity index is 1.96. The maximum Gasteiger partial charge on any atom is 0.294 e. The van der Waals surface area contributed by atoms with Crippen LogP contribution in [0.25, 0.3) is 6.08 Å². The van der Waals surface area contributed by atoms with Gasteiger partial charge in [0.25, 0.3) is 15.9 Å². The molecule has 0 radical (unpaired) electrons. The second kappa shape index (κ2) is 7.65. The number of amides is 1. The number of benzene rings is 1. The molecule has 0 aliphatic carbocycles. The maximum absolute atomic E-state index is 12.6. The highest BCUT2D eigenvalue weighted by Crippen LogP contribution is 2.34. The number of hydrogen-bond donors (Lipinski definition) is 0. The first-order valence-electron chi connectivity index (χ1n) is 7.68. The van der Waals surface area contributed by atoms with Crippen LogP contribution in [0.5, 0.6) is 5.75 Å². The third-order valence-corrected chi connectivity index (χ3v) is 7.31. The molecule has 26 heavy (non-hydrogen) atoms. The molecule has 0 saturated carbocycles. The van der Waals surface area contributed by atoms with Crippen molar-refractivity contribution in [3.8, 4) is 5.75 Å². The highest BCUT2D eigenvalue weighted by atomic mass is 32.2. The number of rotatable bonds is 5. The van der Waals surface area contributed by atoms with Gasteiger partial charge in [0.2, 0.25) is 0 Å². The maximum atomic E-state index is 12.6. The number of nitrogens with zero attached hydrogens (tertiary/aromatic N) is 2. The molecule has 2 aromatic rings. The SMILES string of the molecule is CCN1C(=O)/C(=C\c2cccc(OC)c2)SC1=NS(=O)(=O)c1cccs1. The molecule has 1 aliphatic rings. The van der Waals surface area contributed by atoms with Crippen LogP contribution in [-0.2, 0) is 14.8 Å². The van der Waals surface area contributed by atoms with Crippen LogP contribution in [0.15, 0.2) is 55.3 Å². The Morgan fingerprint density at radius 2 is 2.08 bits per heavy atom. The van der Waals surface area contributed by atoms with E-state index in [9.17, 15) is 13.2 Å². The Kier molecular flexibility index (Phi) is 5.49. The van der Waals surface area contributed by atoms with E-state index < -0.39 is 10.0 Å². The lowest BCUT2D eigenvalue weighted by Gasteiger charge is -2.11. The van der Waals surface area contributed by atoms with Gasteiger partial charge in [-0.2, -0.15) is 8.42 Å². The van der Waals surface area contributed by atoms with Gasteiger partial charge in [0.05, 0.1) is 12.0 Å². The van der Waals surface area contributed by atoms with Crippen molar-refractivity contribution in [3.63, 3.8) is 0 Å². The van der Waals surface area contributed by atoms with E-state index in [1.165, 1.54) is 11.0 Å². The quantitative estimate of drug-likeness (QED) is 0.709. The van der Waals surface area contributed by atoms with E-state index >= 15 is 0 Å². The number of hydrogen-bond acceptors (Lipinski definition) is 6. The van der Waals surface area contributed by atoms with E-state index in [2.05, 4.69) is 4.40 Å². The summed E-state index contributed by atoms with van der Waals surface area (Å²) in [6.45, 7) is 2.11. The van der Waals surface area contributed by atoms with Crippen molar-refractivity contribution in [3.05, 3.63) is 52.2 Å². The lowest BCUT2D eigenvalue weighted by molar-refractivity contribution is -0.122. The zero-order valence-corrected chi connectivity index (χ0v) is 16.5. The van der Waals surface area contributed by atoms with Gasteiger partial charge in [0.15, 0.2) is 5.17 Å². The first-order chi connectivity index (χ1) is 12.4. The summed E-state index contributed by atoms with van der Waals surface area (Å²) in [5, 5.41) is 1.84. The third-order valence-electron chi connectivity index (χ3n) is 3.54. The van der Waals surface area contributed by atoms with Crippen LogP contribution in [0, 0.1) is 0 Å². The highest BCUT2D eigenvalue weighted by Gasteiger charge is 2.34. The van der Waals surface area contributed by atoms with E-state index in [0.29, 0.717) is 17.2 Å². The molecular formula is C17H16N2O4S3. The fourth-order valence-corrected chi connectivity index (χ4v) is 5.51. The van der Waals surface area contributed by atoms with Gasteiger partial charge in [-0.15, -0.1) is 15.7 Å². The number of thioether (sulfide) groups is 1. The Morgan fingerprint density at radius 1 is 1.27 bits per heavy atom. The largest absolute Gasteiger partial charge is 0.497 e. The van der Waals surface area contributed by atoms with E-state index in [0.717, 1.165) is 28.7 Å². The minimum Gasteiger partial charge on any atom is -0.497 e. The smallest absolute Gasteiger partial charge is 0.294 e. The van der Waals surface area contributed by atoms with Crippen molar-refractivity contribution in [2.45, 2.75) is 11.1 Å². The molecule has 1 amide bonds. The molecule has 9 heteroatoms. The van der Waals surface area contributed by atoms with Crippen molar-refractivity contribution in [2.24, 2.45) is 4.40 Å². The predicted molar refractivity (Wildman–Crippen MR) is 105 cm³/mol. The normalized spacial score (nSPS) is 18.1. The molecule has 0 atom stereocenters. The zero-order valence-electron chi connectivity index (χ0n) is 14.1. The van der Waals surface area contributed by atoms with Gasteiger partial charge < -0.3 is 4.74 Å². The van der Waals surface area contributed by atoms with Crippen LogP contribution in [0.2, 0.25) is 0 Å².